The van der Waals surface area contributed by atoms with Crippen LogP contribution in [0.2, 0.25) is 0 Å². The van der Waals surface area contributed by atoms with Crippen LogP contribution < -0.4 is 21.7 Å². The Morgan fingerprint density at radius 2 is 2.03 bits per heavy atom. The number of pyridine rings is 1. The number of nitriles is 1. The molecule has 1 saturated carbocycles. The number of aromatic nitrogens is 3. The fraction of sp³-hybridized carbons (Fsp3) is 0.423. The highest BCUT2D eigenvalue weighted by molar-refractivity contribution is 6.00. The number of ether oxygens (including phenoxy) is 1. The van der Waals surface area contributed by atoms with Gasteiger partial charge in [-0.3, -0.25) is 9.78 Å². The second-order valence-corrected chi connectivity index (χ2v) is 10.1. The van der Waals surface area contributed by atoms with Gasteiger partial charge < -0.3 is 26.4 Å². The highest BCUT2D eigenvalue weighted by Gasteiger charge is 2.30. The predicted molar refractivity (Wildman–Crippen MR) is 139 cm³/mol. The number of hydrogen-bond acceptors (Lipinski definition) is 8. The van der Waals surface area contributed by atoms with Crippen molar-refractivity contribution in [3.63, 3.8) is 0 Å². The van der Waals surface area contributed by atoms with Crippen molar-refractivity contribution in [2.75, 3.05) is 25.5 Å². The zero-order valence-electron chi connectivity index (χ0n) is 21.2. The first-order chi connectivity index (χ1) is 17.7. The molecule has 3 aromatic rings. The van der Waals surface area contributed by atoms with Gasteiger partial charge in [-0.25, -0.2) is 9.31 Å². The lowest BCUT2D eigenvalue weighted by molar-refractivity contribution is 0.0951. The van der Waals surface area contributed by atoms with E-state index < -0.39 is 6.09 Å². The third-order valence-corrected chi connectivity index (χ3v) is 6.41. The number of amides is 2. The zero-order valence-corrected chi connectivity index (χ0v) is 21.2. The summed E-state index contributed by atoms with van der Waals surface area (Å²) in [5.41, 5.74) is 9.41. The van der Waals surface area contributed by atoms with Crippen LogP contribution in [0.4, 0.5) is 10.5 Å². The van der Waals surface area contributed by atoms with Crippen LogP contribution in [0.15, 0.2) is 36.7 Å². The van der Waals surface area contributed by atoms with E-state index in [0.29, 0.717) is 47.9 Å². The number of carbonyl (C=O) groups excluding carboxylic acids is 2. The lowest BCUT2D eigenvalue weighted by Crippen LogP contribution is -2.42. The van der Waals surface area contributed by atoms with Gasteiger partial charge in [-0.15, -0.1) is 0 Å². The van der Waals surface area contributed by atoms with Gasteiger partial charge in [0.15, 0.2) is 0 Å². The number of carbonyl (C=O) groups is 2. The minimum Gasteiger partial charge on any atom is -0.453 e. The number of nitrogens with two attached hydrogens (primary N) is 1. The quantitative estimate of drug-likeness (QED) is 0.346. The van der Waals surface area contributed by atoms with E-state index in [1.165, 1.54) is 13.3 Å². The number of anilines is 1. The maximum absolute atomic E-state index is 13.1. The molecule has 2 amide bonds. The Morgan fingerprint density at radius 3 is 2.73 bits per heavy atom. The number of rotatable bonds is 9. The molecule has 4 rings (SSSR count). The summed E-state index contributed by atoms with van der Waals surface area (Å²) in [6.07, 6.45) is 4.96. The Balaban J connectivity index is 1.55. The number of fused-ring (bicyclic) bond motifs is 1. The summed E-state index contributed by atoms with van der Waals surface area (Å²) in [5.74, 6) is 0.0981. The molecule has 0 saturated heterocycles. The maximum Gasteiger partial charge on any atom is 0.406 e. The standard InChI is InChI=1S/C26H32N8O3/c1-26(2,28)6-7-29-24(35)20-15-30-22(23-5-4-19-10-17(12-27)14-32-34(19)23)11-21(20)33-18-8-16(9-18)13-31-25(36)37-3/h4-5,10-11,14-16,18H,6-9,13,28H2,1-3H3,(H,29,35)(H,30,33)(H,31,36). The molecule has 37 heavy (non-hydrogen) atoms. The molecular weight excluding hydrogens is 472 g/mol. The van der Waals surface area contributed by atoms with E-state index in [-0.39, 0.29) is 17.5 Å². The molecule has 0 aliphatic heterocycles. The van der Waals surface area contributed by atoms with E-state index in [4.69, 9.17) is 11.0 Å². The minimum atomic E-state index is -0.440. The fourth-order valence-corrected chi connectivity index (χ4v) is 4.28. The summed E-state index contributed by atoms with van der Waals surface area (Å²) < 4.78 is 6.35. The molecule has 0 bridgehead atoms. The van der Waals surface area contributed by atoms with E-state index in [1.54, 1.807) is 16.8 Å². The summed E-state index contributed by atoms with van der Waals surface area (Å²) in [6.45, 7) is 4.82. The highest BCUT2D eigenvalue weighted by atomic mass is 16.5. The molecular formula is C26H32N8O3. The van der Waals surface area contributed by atoms with Crippen molar-refractivity contribution in [2.45, 2.75) is 44.7 Å². The van der Waals surface area contributed by atoms with Crippen molar-refractivity contribution in [1.29, 1.82) is 5.26 Å². The lowest BCUT2D eigenvalue weighted by Gasteiger charge is -2.36. The van der Waals surface area contributed by atoms with Crippen molar-refractivity contribution in [3.05, 3.63) is 47.8 Å². The van der Waals surface area contributed by atoms with E-state index in [1.807, 2.05) is 32.0 Å². The lowest BCUT2D eigenvalue weighted by atomic mass is 9.80. The SMILES string of the molecule is COC(=O)NCC1CC(Nc2cc(-c3ccc4cc(C#N)cnn34)ncc2C(=O)NCCC(C)(C)N)C1. The molecule has 11 nitrogen and oxygen atoms in total. The Labute approximate surface area is 215 Å². The van der Waals surface area contributed by atoms with Gasteiger partial charge in [0, 0.05) is 30.9 Å². The molecule has 1 fully saturated rings. The Kier molecular flexibility index (Phi) is 7.59. The molecule has 3 aromatic heterocycles. The van der Waals surface area contributed by atoms with Crippen LogP contribution in [0.1, 0.15) is 49.0 Å². The second kappa shape index (κ2) is 10.8. The zero-order chi connectivity index (χ0) is 26.6. The molecule has 5 N–H and O–H groups in total. The summed E-state index contributed by atoms with van der Waals surface area (Å²) in [7, 11) is 1.34. The average Bonchev–Trinajstić information content (AvgIpc) is 3.27. The molecule has 0 radical (unpaired) electrons. The van der Waals surface area contributed by atoms with Crippen LogP contribution in [0.5, 0.6) is 0 Å². The molecule has 1 aliphatic carbocycles. The van der Waals surface area contributed by atoms with Gasteiger partial charge in [0.1, 0.15) is 6.07 Å². The molecule has 3 heterocycles. The van der Waals surface area contributed by atoms with Crippen LogP contribution in [0, 0.1) is 17.2 Å². The summed E-state index contributed by atoms with van der Waals surface area (Å²) in [6, 6.07) is 9.61. The highest BCUT2D eigenvalue weighted by Crippen LogP contribution is 2.32. The van der Waals surface area contributed by atoms with Gasteiger partial charge in [0.05, 0.1) is 47.0 Å². The first-order valence-corrected chi connectivity index (χ1v) is 12.2. The molecule has 11 heteroatoms. The molecule has 0 atom stereocenters. The fourth-order valence-electron chi connectivity index (χ4n) is 4.28. The molecule has 0 aromatic carbocycles. The van der Waals surface area contributed by atoms with Crippen molar-refractivity contribution < 1.29 is 14.3 Å². The third-order valence-electron chi connectivity index (χ3n) is 6.41. The Morgan fingerprint density at radius 1 is 1.24 bits per heavy atom. The van der Waals surface area contributed by atoms with Gasteiger partial charge >= 0.3 is 6.09 Å². The summed E-state index contributed by atoms with van der Waals surface area (Å²) >= 11 is 0. The van der Waals surface area contributed by atoms with Gasteiger partial charge in [0.2, 0.25) is 0 Å². The number of nitrogens with one attached hydrogen (secondary N) is 3. The smallest absolute Gasteiger partial charge is 0.406 e. The Bertz CT molecular complexity index is 1330. The molecule has 1 aliphatic rings. The number of alkyl carbamates (subject to hydrolysis) is 1. The topological polar surface area (TPSA) is 159 Å². The van der Waals surface area contributed by atoms with Crippen LogP contribution >= 0.6 is 0 Å². The van der Waals surface area contributed by atoms with Crippen molar-refractivity contribution in [1.82, 2.24) is 25.2 Å². The van der Waals surface area contributed by atoms with Crippen molar-refractivity contribution >= 4 is 23.2 Å². The van der Waals surface area contributed by atoms with Crippen LogP contribution in [0.25, 0.3) is 16.9 Å². The normalized spacial score (nSPS) is 16.9. The van der Waals surface area contributed by atoms with Crippen LogP contribution in [-0.2, 0) is 4.74 Å². The first kappa shape index (κ1) is 25.9. The molecule has 194 valence electrons. The largest absolute Gasteiger partial charge is 0.453 e. The van der Waals surface area contributed by atoms with Crippen molar-refractivity contribution in [2.24, 2.45) is 11.7 Å². The number of nitrogens with zero attached hydrogens (tertiary/aromatic N) is 4. The third kappa shape index (κ3) is 6.34. The van der Waals surface area contributed by atoms with Crippen LogP contribution in [-0.4, -0.2) is 58.4 Å². The monoisotopic (exact) mass is 504 g/mol. The number of hydrogen-bond donors (Lipinski definition) is 4. The molecule has 0 unspecified atom stereocenters. The number of methoxy groups -OCH3 is 1. The molecule has 0 spiro atoms. The summed E-state index contributed by atoms with van der Waals surface area (Å²) in [5, 5.41) is 22.7. The van der Waals surface area contributed by atoms with Crippen molar-refractivity contribution in [3.8, 4) is 17.5 Å². The average molecular weight is 505 g/mol. The van der Waals surface area contributed by atoms with E-state index in [2.05, 4.69) is 36.8 Å². The minimum absolute atomic E-state index is 0.148. The maximum atomic E-state index is 13.1. The van der Waals surface area contributed by atoms with Gasteiger partial charge in [0.25, 0.3) is 5.91 Å². The van der Waals surface area contributed by atoms with Gasteiger partial charge in [-0.05, 0) is 63.3 Å². The van der Waals surface area contributed by atoms with Crippen LogP contribution in [0.3, 0.4) is 0 Å². The second-order valence-electron chi connectivity index (χ2n) is 10.1. The van der Waals surface area contributed by atoms with E-state index >= 15 is 0 Å². The van der Waals surface area contributed by atoms with Gasteiger partial charge in [-0.1, -0.05) is 0 Å². The Hall–Kier alpha value is -4.17. The van der Waals surface area contributed by atoms with E-state index in [9.17, 15) is 9.59 Å². The summed E-state index contributed by atoms with van der Waals surface area (Å²) in [4.78, 5) is 29.0. The first-order valence-electron chi connectivity index (χ1n) is 12.2. The van der Waals surface area contributed by atoms with E-state index in [0.717, 1.165) is 24.1 Å². The van der Waals surface area contributed by atoms with Gasteiger partial charge in [-0.2, -0.15) is 10.4 Å². The predicted octanol–water partition coefficient (Wildman–Crippen LogP) is 2.67.